The van der Waals surface area contributed by atoms with Crippen LogP contribution in [0.25, 0.3) is 0 Å². The number of aromatic nitrogens is 1. The van der Waals surface area contributed by atoms with E-state index in [0.717, 1.165) is 5.56 Å². The number of rotatable bonds is 2. The molecule has 0 aliphatic rings. The van der Waals surface area contributed by atoms with Gasteiger partial charge >= 0.3 is 0 Å². The molecule has 0 radical (unpaired) electrons. The summed E-state index contributed by atoms with van der Waals surface area (Å²) in [5.41, 5.74) is 1.97. The first kappa shape index (κ1) is 12.7. The van der Waals surface area contributed by atoms with Crippen molar-refractivity contribution in [1.29, 1.82) is 0 Å². The van der Waals surface area contributed by atoms with Gasteiger partial charge in [-0.25, -0.2) is 4.98 Å². The Kier molecular flexibility index (Phi) is 3.72. The van der Waals surface area contributed by atoms with Crippen molar-refractivity contribution < 1.29 is 9.18 Å². The Morgan fingerprint density at radius 2 is 2.11 bits per heavy atom. The largest absolute Gasteiger partial charge is 0.321 e. The van der Waals surface area contributed by atoms with Crippen molar-refractivity contribution in [3.8, 4) is 0 Å². The molecule has 1 aromatic carbocycles. The topological polar surface area (TPSA) is 42.0 Å². The number of nitrogens with one attached hydrogen (secondary N) is 1. The van der Waals surface area contributed by atoms with E-state index < -0.39 is 5.95 Å². The summed E-state index contributed by atoms with van der Waals surface area (Å²) in [6.07, 6.45) is 1.27. The van der Waals surface area contributed by atoms with Crippen molar-refractivity contribution in [3.05, 3.63) is 58.1 Å². The van der Waals surface area contributed by atoms with Gasteiger partial charge in [-0.2, -0.15) is 4.39 Å². The van der Waals surface area contributed by atoms with Gasteiger partial charge in [0.15, 0.2) is 0 Å². The van der Waals surface area contributed by atoms with E-state index >= 15 is 0 Å². The number of anilines is 1. The molecule has 1 aromatic heterocycles. The molecule has 0 fully saturated rings. The highest BCUT2D eigenvalue weighted by Gasteiger charge is 2.10. The molecule has 1 N–H and O–H groups in total. The molecule has 2 aromatic rings. The van der Waals surface area contributed by atoms with Crippen LogP contribution in [0.1, 0.15) is 15.9 Å². The van der Waals surface area contributed by atoms with Gasteiger partial charge in [-0.05, 0) is 47.1 Å². The molecule has 1 heterocycles. The minimum atomic E-state index is -0.579. The Hall–Kier alpha value is -1.75. The number of hydrogen-bond donors (Lipinski definition) is 1. The molecule has 0 spiro atoms. The molecule has 0 aliphatic heterocycles. The number of aryl methyl sites for hydroxylation is 1. The van der Waals surface area contributed by atoms with Gasteiger partial charge in [-0.15, -0.1) is 0 Å². The molecule has 0 saturated carbocycles. The average Bonchev–Trinajstić information content (AvgIpc) is 2.35. The van der Waals surface area contributed by atoms with Crippen LogP contribution >= 0.6 is 15.9 Å². The van der Waals surface area contributed by atoms with Crippen molar-refractivity contribution in [2.75, 3.05) is 5.32 Å². The number of halogens is 2. The number of carbonyl (C=O) groups is 1. The summed E-state index contributed by atoms with van der Waals surface area (Å²) in [6.45, 7) is 1.91. The molecular weight excluding hydrogens is 299 g/mol. The summed E-state index contributed by atoms with van der Waals surface area (Å²) >= 11 is 3.32. The third-order valence-electron chi connectivity index (χ3n) is 2.35. The summed E-state index contributed by atoms with van der Waals surface area (Å²) in [6, 6.07) is 8.15. The van der Waals surface area contributed by atoms with E-state index in [1.54, 1.807) is 6.07 Å². The third kappa shape index (κ3) is 2.92. The number of nitrogens with zero attached hydrogens (tertiary/aromatic N) is 1. The van der Waals surface area contributed by atoms with Crippen LogP contribution in [0.3, 0.4) is 0 Å². The van der Waals surface area contributed by atoms with Gasteiger partial charge in [0.05, 0.1) is 17.4 Å². The minimum absolute atomic E-state index is 0.265. The van der Waals surface area contributed by atoms with E-state index in [0.29, 0.717) is 15.7 Å². The van der Waals surface area contributed by atoms with Gasteiger partial charge in [-0.3, -0.25) is 4.79 Å². The van der Waals surface area contributed by atoms with E-state index in [2.05, 4.69) is 26.2 Å². The van der Waals surface area contributed by atoms with Gasteiger partial charge in [-0.1, -0.05) is 11.6 Å². The first-order valence-corrected chi connectivity index (χ1v) is 6.04. The zero-order chi connectivity index (χ0) is 13.1. The fraction of sp³-hybridized carbons (Fsp3) is 0.0769. The molecule has 18 heavy (non-hydrogen) atoms. The lowest BCUT2D eigenvalue weighted by Crippen LogP contribution is -2.13. The van der Waals surface area contributed by atoms with Crippen molar-refractivity contribution in [2.24, 2.45) is 0 Å². The molecule has 5 heteroatoms. The van der Waals surface area contributed by atoms with Crippen LogP contribution in [-0.4, -0.2) is 10.9 Å². The summed E-state index contributed by atoms with van der Waals surface area (Å²) in [5.74, 6) is -0.844. The maximum absolute atomic E-state index is 12.6. The number of pyridine rings is 1. The highest BCUT2D eigenvalue weighted by molar-refractivity contribution is 9.10. The first-order valence-electron chi connectivity index (χ1n) is 5.25. The van der Waals surface area contributed by atoms with Crippen LogP contribution in [0.5, 0.6) is 0 Å². The lowest BCUT2D eigenvalue weighted by molar-refractivity contribution is 0.102. The predicted molar refractivity (Wildman–Crippen MR) is 71.0 cm³/mol. The summed E-state index contributed by atoms with van der Waals surface area (Å²) in [7, 11) is 0. The van der Waals surface area contributed by atoms with Crippen LogP contribution in [0, 0.1) is 12.9 Å². The van der Waals surface area contributed by atoms with Gasteiger partial charge in [0.2, 0.25) is 5.95 Å². The van der Waals surface area contributed by atoms with Crippen molar-refractivity contribution in [3.63, 3.8) is 0 Å². The van der Waals surface area contributed by atoms with E-state index in [4.69, 9.17) is 0 Å². The second-order valence-corrected chi connectivity index (χ2v) is 4.66. The third-order valence-corrected chi connectivity index (χ3v) is 3.04. The molecule has 0 saturated heterocycles. The number of amides is 1. The summed E-state index contributed by atoms with van der Waals surface area (Å²) in [5, 5.41) is 2.66. The Balaban J connectivity index is 2.21. The number of carbonyl (C=O) groups excluding carboxylic acids is 1. The smallest absolute Gasteiger partial charge is 0.256 e. The number of hydrogen-bond acceptors (Lipinski definition) is 2. The fourth-order valence-electron chi connectivity index (χ4n) is 1.46. The standard InChI is InChI=1S/C13H10BrFN2O/c1-8-2-4-11(14)10(6-8)13(18)17-9-3-5-12(15)16-7-9/h2-7H,1H3,(H,17,18). The van der Waals surface area contributed by atoms with Gasteiger partial charge in [0.1, 0.15) is 0 Å². The number of benzene rings is 1. The monoisotopic (exact) mass is 308 g/mol. The van der Waals surface area contributed by atoms with E-state index in [1.807, 2.05) is 19.1 Å². The van der Waals surface area contributed by atoms with E-state index in [-0.39, 0.29) is 5.91 Å². The van der Waals surface area contributed by atoms with Crippen molar-refractivity contribution in [1.82, 2.24) is 4.98 Å². The first-order chi connectivity index (χ1) is 8.56. The normalized spacial score (nSPS) is 10.2. The Morgan fingerprint density at radius 1 is 1.33 bits per heavy atom. The highest BCUT2D eigenvalue weighted by atomic mass is 79.9. The predicted octanol–water partition coefficient (Wildman–Crippen LogP) is 3.54. The van der Waals surface area contributed by atoms with Crippen LogP contribution in [-0.2, 0) is 0 Å². The average molecular weight is 309 g/mol. The van der Waals surface area contributed by atoms with Gasteiger partial charge in [0, 0.05) is 4.47 Å². The van der Waals surface area contributed by atoms with Crippen molar-refractivity contribution >= 4 is 27.5 Å². The minimum Gasteiger partial charge on any atom is -0.321 e. The maximum atomic E-state index is 12.6. The quantitative estimate of drug-likeness (QED) is 0.862. The Labute approximate surface area is 112 Å². The highest BCUT2D eigenvalue weighted by Crippen LogP contribution is 2.19. The Morgan fingerprint density at radius 3 is 2.78 bits per heavy atom. The second-order valence-electron chi connectivity index (χ2n) is 3.81. The molecule has 0 aliphatic carbocycles. The maximum Gasteiger partial charge on any atom is 0.256 e. The molecule has 1 amide bonds. The van der Waals surface area contributed by atoms with Crippen LogP contribution in [0.4, 0.5) is 10.1 Å². The van der Waals surface area contributed by atoms with Crippen LogP contribution in [0.2, 0.25) is 0 Å². The molecule has 0 bridgehead atoms. The van der Waals surface area contributed by atoms with Gasteiger partial charge < -0.3 is 5.32 Å². The summed E-state index contributed by atoms with van der Waals surface area (Å²) in [4.78, 5) is 15.5. The summed E-state index contributed by atoms with van der Waals surface area (Å²) < 4.78 is 13.3. The molecule has 3 nitrogen and oxygen atoms in total. The van der Waals surface area contributed by atoms with Crippen molar-refractivity contribution in [2.45, 2.75) is 6.92 Å². The molecule has 2 rings (SSSR count). The molecule has 0 atom stereocenters. The lowest BCUT2D eigenvalue weighted by atomic mass is 10.1. The molecular formula is C13H10BrFN2O. The van der Waals surface area contributed by atoms with Gasteiger partial charge in [0.25, 0.3) is 5.91 Å². The second kappa shape index (κ2) is 5.27. The van der Waals surface area contributed by atoms with E-state index in [1.165, 1.54) is 18.3 Å². The zero-order valence-electron chi connectivity index (χ0n) is 9.58. The Bertz CT molecular complexity index is 584. The van der Waals surface area contributed by atoms with Crippen LogP contribution < -0.4 is 5.32 Å². The fourth-order valence-corrected chi connectivity index (χ4v) is 1.89. The van der Waals surface area contributed by atoms with E-state index in [9.17, 15) is 9.18 Å². The van der Waals surface area contributed by atoms with Crippen LogP contribution in [0.15, 0.2) is 41.0 Å². The zero-order valence-corrected chi connectivity index (χ0v) is 11.2. The molecule has 0 unspecified atom stereocenters. The molecule has 92 valence electrons. The lowest BCUT2D eigenvalue weighted by Gasteiger charge is -2.07. The SMILES string of the molecule is Cc1ccc(Br)c(C(=O)Nc2ccc(F)nc2)c1.